The van der Waals surface area contributed by atoms with E-state index in [1.54, 1.807) is 25.3 Å². The molecule has 0 aromatic heterocycles. The summed E-state index contributed by atoms with van der Waals surface area (Å²) in [4.78, 5) is 23.0. The molecule has 0 bridgehead atoms. The van der Waals surface area contributed by atoms with E-state index in [0.717, 1.165) is 0 Å². The SMILES string of the molecule is COc1ccc(C(=O)N[C@H]2CC[C@@H](C(=O)O)C2)cc1Br. The first kappa shape index (κ1) is 14.8. The third-order valence-corrected chi connectivity index (χ3v) is 4.15. The van der Waals surface area contributed by atoms with Crippen LogP contribution in [0.4, 0.5) is 0 Å². The zero-order valence-corrected chi connectivity index (χ0v) is 12.6. The number of amides is 1. The van der Waals surface area contributed by atoms with E-state index < -0.39 is 5.97 Å². The topological polar surface area (TPSA) is 75.6 Å². The van der Waals surface area contributed by atoms with Gasteiger partial charge in [-0.2, -0.15) is 0 Å². The average Bonchev–Trinajstić information content (AvgIpc) is 2.87. The van der Waals surface area contributed by atoms with Gasteiger partial charge in [0.2, 0.25) is 0 Å². The largest absolute Gasteiger partial charge is 0.496 e. The summed E-state index contributed by atoms with van der Waals surface area (Å²) in [6, 6.07) is 5.03. The molecule has 2 rings (SSSR count). The third-order valence-electron chi connectivity index (χ3n) is 3.53. The van der Waals surface area contributed by atoms with E-state index in [-0.39, 0.29) is 17.9 Å². The summed E-state index contributed by atoms with van der Waals surface area (Å²) < 4.78 is 5.82. The molecule has 0 saturated heterocycles. The summed E-state index contributed by atoms with van der Waals surface area (Å²) in [5.74, 6) is -0.658. The first-order chi connectivity index (χ1) is 9.51. The molecule has 5 nitrogen and oxygen atoms in total. The van der Waals surface area contributed by atoms with Crippen molar-refractivity contribution in [3.8, 4) is 5.75 Å². The van der Waals surface area contributed by atoms with Crippen LogP contribution in [-0.4, -0.2) is 30.1 Å². The molecular formula is C14H16BrNO4. The van der Waals surface area contributed by atoms with Gasteiger partial charge in [0.1, 0.15) is 5.75 Å². The number of rotatable bonds is 4. The van der Waals surface area contributed by atoms with Gasteiger partial charge in [0.25, 0.3) is 5.91 Å². The van der Waals surface area contributed by atoms with Crippen LogP contribution < -0.4 is 10.1 Å². The molecule has 1 aliphatic carbocycles. The highest BCUT2D eigenvalue weighted by Crippen LogP contribution is 2.27. The summed E-state index contributed by atoms with van der Waals surface area (Å²) in [7, 11) is 1.56. The predicted octanol–water partition coefficient (Wildman–Crippen LogP) is 2.44. The van der Waals surface area contributed by atoms with Gasteiger partial charge in [0.05, 0.1) is 17.5 Å². The third kappa shape index (κ3) is 3.30. The monoisotopic (exact) mass is 341 g/mol. The molecule has 1 amide bonds. The van der Waals surface area contributed by atoms with Crippen LogP contribution in [-0.2, 0) is 4.79 Å². The predicted molar refractivity (Wildman–Crippen MR) is 76.9 cm³/mol. The van der Waals surface area contributed by atoms with Crippen LogP contribution in [0.25, 0.3) is 0 Å². The summed E-state index contributed by atoms with van der Waals surface area (Å²) in [6.07, 6.45) is 1.82. The summed E-state index contributed by atoms with van der Waals surface area (Å²) in [5, 5.41) is 11.8. The highest BCUT2D eigenvalue weighted by molar-refractivity contribution is 9.10. The number of carboxylic acid groups (broad SMARTS) is 1. The van der Waals surface area contributed by atoms with Crippen molar-refractivity contribution >= 4 is 27.8 Å². The first-order valence-corrected chi connectivity index (χ1v) is 7.17. The number of hydrogen-bond acceptors (Lipinski definition) is 3. The van der Waals surface area contributed by atoms with Crippen LogP contribution in [0.2, 0.25) is 0 Å². The maximum Gasteiger partial charge on any atom is 0.306 e. The van der Waals surface area contributed by atoms with Gasteiger partial charge in [-0.05, 0) is 53.4 Å². The number of aliphatic carboxylic acids is 1. The zero-order valence-electron chi connectivity index (χ0n) is 11.1. The van der Waals surface area contributed by atoms with E-state index in [0.29, 0.717) is 35.0 Å². The second-order valence-corrected chi connectivity index (χ2v) is 5.72. The summed E-state index contributed by atoms with van der Waals surface area (Å²) >= 11 is 3.33. The highest BCUT2D eigenvalue weighted by Gasteiger charge is 2.30. The van der Waals surface area contributed by atoms with E-state index in [9.17, 15) is 9.59 Å². The molecule has 1 fully saturated rings. The first-order valence-electron chi connectivity index (χ1n) is 6.38. The second kappa shape index (κ2) is 6.26. The van der Waals surface area contributed by atoms with Crippen molar-refractivity contribution in [1.29, 1.82) is 0 Å². The Labute approximate surface area is 125 Å². The second-order valence-electron chi connectivity index (χ2n) is 4.87. The van der Waals surface area contributed by atoms with Crippen molar-refractivity contribution in [1.82, 2.24) is 5.32 Å². The quantitative estimate of drug-likeness (QED) is 0.881. The molecule has 1 aromatic carbocycles. The minimum atomic E-state index is -0.783. The van der Waals surface area contributed by atoms with Gasteiger partial charge in [-0.15, -0.1) is 0 Å². The van der Waals surface area contributed by atoms with Crippen molar-refractivity contribution in [3.63, 3.8) is 0 Å². The number of carboxylic acids is 1. The molecule has 1 aliphatic rings. The van der Waals surface area contributed by atoms with Gasteiger partial charge >= 0.3 is 5.97 Å². The van der Waals surface area contributed by atoms with Crippen molar-refractivity contribution < 1.29 is 19.4 Å². The van der Waals surface area contributed by atoms with Crippen LogP contribution in [0.5, 0.6) is 5.75 Å². The fourth-order valence-electron chi connectivity index (χ4n) is 2.41. The van der Waals surface area contributed by atoms with Gasteiger partial charge in [-0.1, -0.05) is 0 Å². The van der Waals surface area contributed by atoms with E-state index in [4.69, 9.17) is 9.84 Å². The standard InChI is InChI=1S/C14H16BrNO4/c1-20-12-5-3-8(7-11(12)15)13(17)16-10-4-2-9(6-10)14(18)19/h3,5,7,9-10H,2,4,6H2,1H3,(H,16,17)(H,18,19)/t9-,10+/m1/s1. The smallest absolute Gasteiger partial charge is 0.306 e. The zero-order chi connectivity index (χ0) is 14.7. The van der Waals surface area contributed by atoms with Crippen molar-refractivity contribution in [3.05, 3.63) is 28.2 Å². The molecule has 20 heavy (non-hydrogen) atoms. The minimum absolute atomic E-state index is 0.0653. The lowest BCUT2D eigenvalue weighted by molar-refractivity contribution is -0.141. The van der Waals surface area contributed by atoms with Crippen molar-refractivity contribution in [2.24, 2.45) is 5.92 Å². The van der Waals surface area contributed by atoms with Gasteiger partial charge in [0, 0.05) is 11.6 Å². The lowest BCUT2D eigenvalue weighted by atomic mass is 10.1. The average molecular weight is 342 g/mol. The number of nitrogens with one attached hydrogen (secondary N) is 1. The van der Waals surface area contributed by atoms with Gasteiger partial charge in [-0.25, -0.2) is 0 Å². The van der Waals surface area contributed by atoms with Gasteiger partial charge < -0.3 is 15.2 Å². The summed E-state index contributed by atoms with van der Waals surface area (Å²) in [6.45, 7) is 0. The van der Waals surface area contributed by atoms with E-state index >= 15 is 0 Å². The fraction of sp³-hybridized carbons (Fsp3) is 0.429. The number of halogens is 1. The number of carbonyl (C=O) groups excluding carboxylic acids is 1. The highest BCUT2D eigenvalue weighted by atomic mass is 79.9. The molecule has 0 unspecified atom stereocenters. The molecule has 1 saturated carbocycles. The number of benzene rings is 1. The number of methoxy groups -OCH3 is 1. The Morgan fingerprint density at radius 2 is 2.15 bits per heavy atom. The van der Waals surface area contributed by atoms with Gasteiger partial charge in [0.15, 0.2) is 0 Å². The number of carbonyl (C=O) groups is 2. The molecule has 0 radical (unpaired) electrons. The van der Waals surface area contributed by atoms with E-state index in [2.05, 4.69) is 21.2 Å². The lowest BCUT2D eigenvalue weighted by Gasteiger charge is -2.13. The Morgan fingerprint density at radius 1 is 1.40 bits per heavy atom. The van der Waals surface area contributed by atoms with Crippen LogP contribution in [0.1, 0.15) is 29.6 Å². The molecular weight excluding hydrogens is 326 g/mol. The minimum Gasteiger partial charge on any atom is -0.496 e. The van der Waals surface area contributed by atoms with Gasteiger partial charge in [-0.3, -0.25) is 9.59 Å². The Bertz CT molecular complexity index is 532. The molecule has 0 heterocycles. The Kier molecular flexibility index (Phi) is 4.65. The van der Waals surface area contributed by atoms with E-state index in [1.807, 2.05) is 0 Å². The van der Waals surface area contributed by atoms with Crippen LogP contribution in [0.15, 0.2) is 22.7 Å². The Balaban J connectivity index is 1.99. The van der Waals surface area contributed by atoms with Crippen LogP contribution in [0.3, 0.4) is 0 Å². The Morgan fingerprint density at radius 3 is 2.70 bits per heavy atom. The Hall–Kier alpha value is -1.56. The summed E-state index contributed by atoms with van der Waals surface area (Å²) in [5.41, 5.74) is 0.524. The molecule has 0 spiro atoms. The lowest BCUT2D eigenvalue weighted by Crippen LogP contribution is -2.33. The molecule has 2 N–H and O–H groups in total. The number of hydrogen-bond donors (Lipinski definition) is 2. The fourth-order valence-corrected chi connectivity index (χ4v) is 2.95. The van der Waals surface area contributed by atoms with Crippen LogP contribution in [0, 0.1) is 5.92 Å². The maximum absolute atomic E-state index is 12.1. The number of ether oxygens (including phenoxy) is 1. The molecule has 1 aromatic rings. The maximum atomic E-state index is 12.1. The normalized spacial score (nSPS) is 21.5. The molecule has 0 aliphatic heterocycles. The van der Waals surface area contributed by atoms with Crippen molar-refractivity contribution in [2.75, 3.05) is 7.11 Å². The van der Waals surface area contributed by atoms with Crippen molar-refractivity contribution in [2.45, 2.75) is 25.3 Å². The van der Waals surface area contributed by atoms with Crippen LogP contribution >= 0.6 is 15.9 Å². The molecule has 2 atom stereocenters. The molecule has 108 valence electrons. The molecule has 6 heteroatoms. The van der Waals surface area contributed by atoms with E-state index in [1.165, 1.54) is 0 Å².